The molecule has 5 heteroatoms. The summed E-state index contributed by atoms with van der Waals surface area (Å²) in [4.78, 5) is 24.9. The topological polar surface area (TPSA) is 82.0 Å². The molecule has 0 aromatic heterocycles. The molecule has 0 saturated heterocycles. The number of carbonyl (C=O) groups excluding carboxylic acids is 2. The molecule has 3 aromatic rings. The van der Waals surface area contributed by atoms with Crippen LogP contribution in [0.2, 0.25) is 0 Å². The molecular formula is C26H23N3O2. The first-order valence-corrected chi connectivity index (χ1v) is 10.4. The number of carbonyl (C=O) groups is 2. The molecule has 0 heterocycles. The zero-order valence-electron chi connectivity index (χ0n) is 17.0. The Bertz CT molecular complexity index is 1100. The molecule has 1 aliphatic rings. The summed E-state index contributed by atoms with van der Waals surface area (Å²) in [6.45, 7) is 0. The van der Waals surface area contributed by atoms with Crippen molar-refractivity contribution in [2.75, 3.05) is 10.6 Å². The third-order valence-corrected chi connectivity index (χ3v) is 5.70. The summed E-state index contributed by atoms with van der Waals surface area (Å²) in [6.07, 6.45) is 2.55. The Morgan fingerprint density at radius 2 is 1.35 bits per heavy atom. The van der Waals surface area contributed by atoms with Gasteiger partial charge in [0.2, 0.25) is 0 Å². The highest BCUT2D eigenvalue weighted by atomic mass is 16.2. The second-order valence-electron chi connectivity index (χ2n) is 7.74. The number of amides is 2. The van der Waals surface area contributed by atoms with Crippen LogP contribution in [0, 0.1) is 23.2 Å². The third kappa shape index (κ3) is 4.81. The van der Waals surface area contributed by atoms with Crippen molar-refractivity contribution < 1.29 is 9.59 Å². The van der Waals surface area contributed by atoms with Gasteiger partial charge in [0, 0.05) is 22.9 Å². The predicted molar refractivity (Wildman–Crippen MR) is 122 cm³/mol. The van der Waals surface area contributed by atoms with Crippen LogP contribution in [0.25, 0.3) is 11.1 Å². The number of Topliss-reactive ketones (excluding diaryl/α,β-unsaturated/α-hetero) is 1. The molecule has 1 fully saturated rings. The molecule has 3 aromatic carbocycles. The van der Waals surface area contributed by atoms with Gasteiger partial charge in [-0.1, -0.05) is 61.0 Å². The molecule has 0 aliphatic heterocycles. The number of benzene rings is 3. The predicted octanol–water partition coefficient (Wildman–Crippen LogP) is 6.12. The van der Waals surface area contributed by atoms with Gasteiger partial charge in [0.1, 0.15) is 0 Å². The van der Waals surface area contributed by atoms with Gasteiger partial charge in [0.15, 0.2) is 5.78 Å². The van der Waals surface area contributed by atoms with Gasteiger partial charge in [0.25, 0.3) is 0 Å². The number of nitrogens with one attached hydrogen (secondary N) is 2. The van der Waals surface area contributed by atoms with E-state index in [1.54, 1.807) is 0 Å². The van der Waals surface area contributed by atoms with E-state index in [4.69, 9.17) is 0 Å². The normalized spacial score (nSPS) is 17.5. The smallest absolute Gasteiger partial charge is 0.308 e. The van der Waals surface area contributed by atoms with Crippen LogP contribution < -0.4 is 10.6 Å². The van der Waals surface area contributed by atoms with E-state index in [0.29, 0.717) is 11.3 Å². The summed E-state index contributed by atoms with van der Waals surface area (Å²) in [6, 6.07) is 26.3. The fraction of sp³-hybridized carbons (Fsp3) is 0.192. The number of anilines is 2. The molecule has 2 atom stereocenters. The summed E-state index contributed by atoms with van der Waals surface area (Å²) < 4.78 is 0. The zero-order chi connectivity index (χ0) is 21.6. The van der Waals surface area contributed by atoms with E-state index in [1.807, 2.05) is 78.9 Å². The molecule has 4 rings (SSSR count). The van der Waals surface area contributed by atoms with Crippen LogP contribution in [-0.4, -0.2) is 11.8 Å². The first-order chi connectivity index (χ1) is 15.1. The van der Waals surface area contributed by atoms with Crippen LogP contribution in [0.5, 0.6) is 0 Å². The van der Waals surface area contributed by atoms with E-state index in [9.17, 15) is 14.9 Å². The van der Waals surface area contributed by atoms with Crippen LogP contribution in [-0.2, 0) is 0 Å². The lowest BCUT2D eigenvalue weighted by atomic mass is 9.89. The number of nitriles is 1. The molecule has 0 spiro atoms. The summed E-state index contributed by atoms with van der Waals surface area (Å²) in [5.41, 5.74) is 4.05. The van der Waals surface area contributed by atoms with Gasteiger partial charge >= 0.3 is 6.03 Å². The maximum absolute atomic E-state index is 12.7. The second kappa shape index (κ2) is 9.27. The van der Waals surface area contributed by atoms with E-state index >= 15 is 0 Å². The monoisotopic (exact) mass is 409 g/mol. The number of urea groups is 1. The molecule has 0 radical (unpaired) electrons. The van der Waals surface area contributed by atoms with Gasteiger partial charge in [-0.15, -0.1) is 0 Å². The quantitative estimate of drug-likeness (QED) is 0.498. The standard InChI is InChI=1S/C26H23N3O2/c27-17-21-5-4-8-24(21)25(30)20-11-9-18(10-12-20)19-13-15-23(16-14-19)29-26(31)28-22-6-2-1-3-7-22/h1-3,6-7,9-16,21,24H,4-5,8H2,(H2,28,29,31)/t21-,24+/m0/s1. The molecule has 2 amide bonds. The number of para-hydroxylation sites is 1. The van der Waals surface area contributed by atoms with Gasteiger partial charge in [-0.25, -0.2) is 4.79 Å². The molecule has 0 unspecified atom stereocenters. The van der Waals surface area contributed by atoms with Gasteiger partial charge in [-0.3, -0.25) is 4.79 Å². The van der Waals surface area contributed by atoms with Crippen molar-refractivity contribution in [1.29, 1.82) is 5.26 Å². The van der Waals surface area contributed by atoms with Crippen molar-refractivity contribution in [2.45, 2.75) is 19.3 Å². The fourth-order valence-electron chi connectivity index (χ4n) is 4.03. The maximum atomic E-state index is 12.7. The van der Waals surface area contributed by atoms with E-state index in [-0.39, 0.29) is 23.7 Å². The summed E-state index contributed by atoms with van der Waals surface area (Å²) in [5.74, 6) is -0.269. The molecule has 2 N–H and O–H groups in total. The largest absolute Gasteiger partial charge is 0.323 e. The zero-order valence-corrected chi connectivity index (χ0v) is 17.0. The number of rotatable bonds is 5. The van der Waals surface area contributed by atoms with Gasteiger partial charge in [-0.05, 0) is 48.2 Å². The highest BCUT2D eigenvalue weighted by Gasteiger charge is 2.33. The summed E-state index contributed by atoms with van der Waals surface area (Å²) in [5, 5.41) is 14.8. The Labute approximate surface area is 181 Å². The van der Waals surface area contributed by atoms with Crippen LogP contribution >= 0.6 is 0 Å². The number of nitrogens with zero attached hydrogens (tertiary/aromatic N) is 1. The Hall–Kier alpha value is -3.91. The average Bonchev–Trinajstić information content (AvgIpc) is 3.29. The molecule has 154 valence electrons. The number of hydrogen-bond donors (Lipinski definition) is 2. The lowest BCUT2D eigenvalue weighted by molar-refractivity contribution is 0.0906. The third-order valence-electron chi connectivity index (χ3n) is 5.70. The van der Waals surface area contributed by atoms with E-state index in [1.165, 1.54) is 0 Å². The Morgan fingerprint density at radius 1 is 0.774 bits per heavy atom. The Balaban J connectivity index is 1.39. The second-order valence-corrected chi connectivity index (χ2v) is 7.74. The minimum absolute atomic E-state index is 0.0691. The first kappa shape index (κ1) is 20.4. The van der Waals surface area contributed by atoms with E-state index in [2.05, 4.69) is 16.7 Å². The highest BCUT2D eigenvalue weighted by molar-refractivity contribution is 6.00. The van der Waals surface area contributed by atoms with Crippen LogP contribution in [0.3, 0.4) is 0 Å². The fourth-order valence-corrected chi connectivity index (χ4v) is 4.03. The minimum Gasteiger partial charge on any atom is -0.308 e. The molecule has 1 aliphatic carbocycles. The highest BCUT2D eigenvalue weighted by Crippen LogP contribution is 2.34. The summed E-state index contributed by atoms with van der Waals surface area (Å²) >= 11 is 0. The van der Waals surface area contributed by atoms with Gasteiger partial charge in [-0.2, -0.15) is 5.26 Å². The SMILES string of the molecule is N#C[C@@H]1CCC[C@H]1C(=O)c1ccc(-c2ccc(NC(=O)Nc3ccccc3)cc2)cc1. The lowest BCUT2D eigenvalue weighted by Crippen LogP contribution is -2.19. The van der Waals surface area contributed by atoms with Crippen molar-refractivity contribution in [2.24, 2.45) is 11.8 Å². The Morgan fingerprint density at radius 3 is 1.97 bits per heavy atom. The van der Waals surface area contributed by atoms with Gasteiger partial charge in [0.05, 0.1) is 12.0 Å². The van der Waals surface area contributed by atoms with Gasteiger partial charge < -0.3 is 10.6 Å². The minimum atomic E-state index is -0.301. The van der Waals surface area contributed by atoms with Crippen LogP contribution in [0.4, 0.5) is 16.2 Å². The maximum Gasteiger partial charge on any atom is 0.323 e. The van der Waals surface area contributed by atoms with Crippen molar-refractivity contribution in [3.63, 3.8) is 0 Å². The Kier molecular flexibility index (Phi) is 6.09. The molecule has 0 bridgehead atoms. The molecular weight excluding hydrogens is 386 g/mol. The number of hydrogen-bond acceptors (Lipinski definition) is 3. The van der Waals surface area contributed by atoms with Crippen LogP contribution in [0.15, 0.2) is 78.9 Å². The van der Waals surface area contributed by atoms with Crippen molar-refractivity contribution >= 4 is 23.2 Å². The van der Waals surface area contributed by atoms with Crippen molar-refractivity contribution in [1.82, 2.24) is 0 Å². The average molecular weight is 409 g/mol. The molecule has 5 nitrogen and oxygen atoms in total. The number of ketones is 1. The van der Waals surface area contributed by atoms with Crippen molar-refractivity contribution in [3.05, 3.63) is 84.4 Å². The molecule has 1 saturated carbocycles. The van der Waals surface area contributed by atoms with E-state index < -0.39 is 0 Å². The van der Waals surface area contributed by atoms with E-state index in [0.717, 1.165) is 36.1 Å². The lowest BCUT2D eigenvalue weighted by Gasteiger charge is -2.12. The van der Waals surface area contributed by atoms with Crippen LogP contribution in [0.1, 0.15) is 29.6 Å². The molecule has 31 heavy (non-hydrogen) atoms. The summed E-state index contributed by atoms with van der Waals surface area (Å²) in [7, 11) is 0. The van der Waals surface area contributed by atoms with Crippen molar-refractivity contribution in [3.8, 4) is 17.2 Å². The first-order valence-electron chi connectivity index (χ1n) is 10.4.